The standard InChI is InChI=1S/C52H101N2O7P/c1-7-10-13-16-19-22-25-27-30-33-36-39-42-45-52(56)61-50(43-40-37-34-31-29-26-23-20-17-14-11-8-2)49(48-60-62(57,58)59-47-46-54(4,5)6)53-51(55)44-41-38-35-32-28-24-21-18-15-12-9-3/h18,21,40,43,49-50H,7-17,19-20,22-39,41-42,44-48H2,1-6H3,(H-,53,55,57,58)/p+1/b21-18-,43-40+. The maximum absolute atomic E-state index is 13.4. The molecule has 9 nitrogen and oxygen atoms in total. The van der Waals surface area contributed by atoms with Gasteiger partial charge in [-0.25, -0.2) is 4.57 Å². The number of phosphoric acid groups is 1. The molecule has 0 fully saturated rings. The number of rotatable bonds is 47. The van der Waals surface area contributed by atoms with Gasteiger partial charge in [-0.15, -0.1) is 0 Å². The Morgan fingerprint density at radius 3 is 1.42 bits per heavy atom. The predicted octanol–water partition coefficient (Wildman–Crippen LogP) is 15.0. The molecular weight excluding hydrogens is 796 g/mol. The van der Waals surface area contributed by atoms with Crippen molar-refractivity contribution in [1.82, 2.24) is 5.32 Å². The summed E-state index contributed by atoms with van der Waals surface area (Å²) in [5.74, 6) is -0.510. The van der Waals surface area contributed by atoms with Crippen molar-refractivity contribution in [1.29, 1.82) is 0 Å². The summed E-state index contributed by atoms with van der Waals surface area (Å²) in [5.41, 5.74) is 0. The van der Waals surface area contributed by atoms with Gasteiger partial charge < -0.3 is 19.4 Å². The fourth-order valence-corrected chi connectivity index (χ4v) is 8.24. The van der Waals surface area contributed by atoms with Crippen LogP contribution in [0.2, 0.25) is 0 Å². The number of hydrogen-bond donors (Lipinski definition) is 2. The van der Waals surface area contributed by atoms with E-state index in [-0.39, 0.29) is 25.1 Å². The number of esters is 1. The Morgan fingerprint density at radius 2 is 0.952 bits per heavy atom. The summed E-state index contributed by atoms with van der Waals surface area (Å²) in [7, 11) is 1.50. The average Bonchev–Trinajstić information content (AvgIpc) is 3.22. The molecule has 0 saturated carbocycles. The van der Waals surface area contributed by atoms with Crippen molar-refractivity contribution in [3.05, 3.63) is 24.3 Å². The lowest BCUT2D eigenvalue weighted by Crippen LogP contribution is -2.47. The molecule has 0 rings (SSSR count). The SMILES string of the molecule is CCCC/C=C\CCCCCCCC(=O)NC(COP(=O)(O)OCC[N+](C)(C)C)C(/C=C/CCCCCCCCCCCC)OC(=O)CCCCCCCCCCCCCCC. The number of carbonyl (C=O) groups is 2. The van der Waals surface area contributed by atoms with Gasteiger partial charge in [0, 0.05) is 12.8 Å². The molecule has 1 amide bonds. The molecule has 0 radical (unpaired) electrons. The number of carbonyl (C=O) groups excluding carboxylic acids is 2. The molecule has 0 bridgehead atoms. The zero-order valence-electron chi connectivity index (χ0n) is 41.6. The van der Waals surface area contributed by atoms with E-state index in [9.17, 15) is 19.0 Å². The molecule has 0 saturated heterocycles. The molecule has 0 aliphatic carbocycles. The van der Waals surface area contributed by atoms with Gasteiger partial charge in [-0.2, -0.15) is 0 Å². The van der Waals surface area contributed by atoms with E-state index in [0.29, 0.717) is 23.9 Å². The third-order valence-electron chi connectivity index (χ3n) is 11.6. The summed E-state index contributed by atoms with van der Waals surface area (Å²) in [6, 6.07) is -0.843. The van der Waals surface area contributed by atoms with Crippen LogP contribution in [0.25, 0.3) is 0 Å². The van der Waals surface area contributed by atoms with Crippen LogP contribution in [-0.4, -0.2) is 74.3 Å². The lowest BCUT2D eigenvalue weighted by molar-refractivity contribution is -0.870. The molecule has 366 valence electrons. The topological polar surface area (TPSA) is 111 Å². The van der Waals surface area contributed by atoms with E-state index >= 15 is 0 Å². The molecule has 3 atom stereocenters. The minimum Gasteiger partial charge on any atom is -0.456 e. The van der Waals surface area contributed by atoms with Gasteiger partial charge >= 0.3 is 13.8 Å². The Balaban J connectivity index is 5.43. The molecule has 2 N–H and O–H groups in total. The molecule has 0 spiro atoms. The first-order valence-corrected chi connectivity index (χ1v) is 27.7. The van der Waals surface area contributed by atoms with Crippen molar-refractivity contribution in [3.8, 4) is 0 Å². The van der Waals surface area contributed by atoms with Gasteiger partial charge in [0.25, 0.3) is 0 Å². The minimum absolute atomic E-state index is 0.0414. The van der Waals surface area contributed by atoms with Crippen molar-refractivity contribution in [2.75, 3.05) is 40.9 Å². The molecule has 0 aliphatic rings. The summed E-state index contributed by atoms with van der Waals surface area (Å²) in [4.78, 5) is 37.3. The molecule has 0 heterocycles. The van der Waals surface area contributed by atoms with Crippen molar-refractivity contribution >= 4 is 19.7 Å². The highest BCUT2D eigenvalue weighted by Crippen LogP contribution is 2.43. The quantitative estimate of drug-likeness (QED) is 0.0206. The van der Waals surface area contributed by atoms with Gasteiger partial charge in [-0.3, -0.25) is 18.6 Å². The zero-order chi connectivity index (χ0) is 45.8. The van der Waals surface area contributed by atoms with E-state index in [4.69, 9.17) is 13.8 Å². The van der Waals surface area contributed by atoms with Crippen LogP contribution in [0.3, 0.4) is 0 Å². The number of nitrogens with one attached hydrogen (secondary N) is 1. The second kappa shape index (κ2) is 43.4. The zero-order valence-corrected chi connectivity index (χ0v) is 42.5. The van der Waals surface area contributed by atoms with Gasteiger partial charge in [0.05, 0.1) is 33.8 Å². The van der Waals surface area contributed by atoms with Crippen LogP contribution in [0.4, 0.5) is 0 Å². The number of ether oxygens (including phenoxy) is 1. The fraction of sp³-hybridized carbons (Fsp3) is 0.885. The second-order valence-corrected chi connectivity index (χ2v) is 20.5. The molecule has 0 aromatic heterocycles. The van der Waals surface area contributed by atoms with Crippen LogP contribution in [-0.2, 0) is 27.9 Å². The first-order chi connectivity index (χ1) is 29.9. The Morgan fingerprint density at radius 1 is 0.548 bits per heavy atom. The van der Waals surface area contributed by atoms with Gasteiger partial charge in [0.1, 0.15) is 19.3 Å². The smallest absolute Gasteiger partial charge is 0.456 e. The fourth-order valence-electron chi connectivity index (χ4n) is 7.51. The number of likely N-dealkylation sites (N-methyl/N-ethyl adjacent to an activating group) is 1. The van der Waals surface area contributed by atoms with Crippen LogP contribution < -0.4 is 5.32 Å². The van der Waals surface area contributed by atoms with E-state index in [1.165, 1.54) is 128 Å². The number of nitrogens with zero attached hydrogens (tertiary/aromatic N) is 1. The van der Waals surface area contributed by atoms with Gasteiger partial charge in [-0.05, 0) is 51.0 Å². The van der Waals surface area contributed by atoms with Gasteiger partial charge in [0.15, 0.2) is 0 Å². The lowest BCUT2D eigenvalue weighted by Gasteiger charge is -2.27. The minimum atomic E-state index is -4.43. The van der Waals surface area contributed by atoms with Crippen molar-refractivity contribution < 1.29 is 37.3 Å². The first-order valence-electron chi connectivity index (χ1n) is 26.2. The van der Waals surface area contributed by atoms with E-state index in [1.807, 2.05) is 33.3 Å². The normalized spacial score (nSPS) is 14.1. The number of hydrogen-bond acceptors (Lipinski definition) is 6. The highest BCUT2D eigenvalue weighted by atomic mass is 31.2. The summed E-state index contributed by atoms with van der Waals surface area (Å²) in [6.07, 6.45) is 47.4. The Kier molecular flexibility index (Phi) is 42.3. The number of unbranched alkanes of at least 4 members (excludes halogenated alkanes) is 29. The summed E-state index contributed by atoms with van der Waals surface area (Å²) < 4.78 is 30.5. The van der Waals surface area contributed by atoms with Gasteiger partial charge in [-0.1, -0.05) is 206 Å². The van der Waals surface area contributed by atoms with Crippen LogP contribution >= 0.6 is 7.82 Å². The van der Waals surface area contributed by atoms with E-state index < -0.39 is 20.0 Å². The number of allylic oxidation sites excluding steroid dienone is 3. The van der Waals surface area contributed by atoms with Gasteiger partial charge in [0.2, 0.25) is 5.91 Å². The number of quaternary nitrogens is 1. The maximum atomic E-state index is 13.4. The maximum Gasteiger partial charge on any atom is 0.472 e. The van der Waals surface area contributed by atoms with Crippen molar-refractivity contribution in [3.63, 3.8) is 0 Å². The van der Waals surface area contributed by atoms with E-state index in [1.54, 1.807) is 0 Å². The highest BCUT2D eigenvalue weighted by Gasteiger charge is 2.30. The molecule has 0 aromatic rings. The third kappa shape index (κ3) is 43.7. The van der Waals surface area contributed by atoms with Crippen LogP contribution in [0.5, 0.6) is 0 Å². The first kappa shape index (κ1) is 60.5. The molecule has 0 aliphatic heterocycles. The number of amides is 1. The van der Waals surface area contributed by atoms with Crippen LogP contribution in [0, 0.1) is 0 Å². The molecule has 3 unspecified atom stereocenters. The number of phosphoric ester groups is 1. The van der Waals surface area contributed by atoms with Crippen LogP contribution in [0.15, 0.2) is 24.3 Å². The monoisotopic (exact) mass is 898 g/mol. The average molecular weight is 898 g/mol. The highest BCUT2D eigenvalue weighted by molar-refractivity contribution is 7.47. The Hall–Kier alpha value is -1.51. The van der Waals surface area contributed by atoms with Crippen LogP contribution in [0.1, 0.15) is 245 Å². The summed E-state index contributed by atoms with van der Waals surface area (Å²) in [6.45, 7) is 6.96. The van der Waals surface area contributed by atoms with E-state index in [0.717, 1.165) is 83.5 Å². The third-order valence-corrected chi connectivity index (χ3v) is 12.6. The Bertz CT molecular complexity index is 1120. The van der Waals surface area contributed by atoms with Crippen molar-refractivity contribution in [2.24, 2.45) is 0 Å². The van der Waals surface area contributed by atoms with Crippen molar-refractivity contribution in [2.45, 2.75) is 258 Å². The predicted molar refractivity (Wildman–Crippen MR) is 263 cm³/mol. The molecule has 0 aromatic carbocycles. The second-order valence-electron chi connectivity index (χ2n) is 19.1. The molecule has 62 heavy (non-hydrogen) atoms. The largest absolute Gasteiger partial charge is 0.472 e. The van der Waals surface area contributed by atoms with E-state index in [2.05, 4.69) is 38.2 Å². The summed E-state index contributed by atoms with van der Waals surface area (Å²) >= 11 is 0. The summed E-state index contributed by atoms with van der Waals surface area (Å²) in [5, 5.41) is 3.03. The molecule has 10 heteroatoms. The molecular formula is C52H102N2O7P+. The Labute approximate surface area is 383 Å². The lowest BCUT2D eigenvalue weighted by atomic mass is 10.0.